The van der Waals surface area contributed by atoms with Crippen molar-refractivity contribution in [3.05, 3.63) is 57.2 Å². The van der Waals surface area contributed by atoms with Crippen LogP contribution in [0.2, 0.25) is 0 Å². The van der Waals surface area contributed by atoms with Crippen molar-refractivity contribution in [2.24, 2.45) is 0 Å². The first-order chi connectivity index (χ1) is 9.76. The third kappa shape index (κ3) is 2.92. The van der Waals surface area contributed by atoms with E-state index < -0.39 is 0 Å². The zero-order valence-corrected chi connectivity index (χ0v) is 13.7. The maximum Gasteiger partial charge on any atom is 0.119 e. The average molecular weight is 379 g/mol. The van der Waals surface area contributed by atoms with Crippen LogP contribution in [0.3, 0.4) is 0 Å². The van der Waals surface area contributed by atoms with Gasteiger partial charge in [0.2, 0.25) is 0 Å². The van der Waals surface area contributed by atoms with Crippen molar-refractivity contribution in [2.75, 3.05) is 12.4 Å². The zero-order chi connectivity index (χ0) is 13.9. The molecule has 20 heavy (non-hydrogen) atoms. The van der Waals surface area contributed by atoms with E-state index in [1.165, 1.54) is 33.2 Å². The lowest BCUT2D eigenvalue weighted by atomic mass is 9.87. The molecule has 0 saturated heterocycles. The van der Waals surface area contributed by atoms with Gasteiger partial charge in [0.1, 0.15) is 5.75 Å². The van der Waals surface area contributed by atoms with Crippen LogP contribution >= 0.6 is 22.6 Å². The molecule has 1 aliphatic carbocycles. The van der Waals surface area contributed by atoms with Gasteiger partial charge >= 0.3 is 0 Å². The number of hydrogen-bond donors (Lipinski definition) is 1. The fourth-order valence-electron chi connectivity index (χ4n) is 2.85. The van der Waals surface area contributed by atoms with Crippen molar-refractivity contribution in [3.63, 3.8) is 0 Å². The first-order valence-electron chi connectivity index (χ1n) is 6.95. The first-order valence-corrected chi connectivity index (χ1v) is 8.03. The summed E-state index contributed by atoms with van der Waals surface area (Å²) in [5, 5.41) is 3.67. The summed E-state index contributed by atoms with van der Waals surface area (Å²) in [6.07, 6.45) is 3.56. The maximum absolute atomic E-state index is 5.33. The van der Waals surface area contributed by atoms with Gasteiger partial charge in [-0.1, -0.05) is 12.1 Å². The molecule has 3 heteroatoms. The predicted octanol–water partition coefficient (Wildman–Crippen LogP) is 4.79. The standard InChI is InChI=1S/C17H18INO/c1-20-15-8-9-16-12(10-15)4-2-7-17(16)19-14-6-3-5-13(18)11-14/h3,5-6,8-11,17,19H,2,4,7H2,1H3. The number of nitrogens with one attached hydrogen (secondary N) is 1. The van der Waals surface area contributed by atoms with E-state index in [4.69, 9.17) is 4.74 Å². The summed E-state index contributed by atoms with van der Waals surface area (Å²) < 4.78 is 6.59. The van der Waals surface area contributed by atoms with Crippen molar-refractivity contribution in [1.29, 1.82) is 0 Å². The minimum absolute atomic E-state index is 0.405. The van der Waals surface area contributed by atoms with Crippen LogP contribution in [0.1, 0.15) is 30.0 Å². The molecule has 1 N–H and O–H groups in total. The molecule has 1 atom stereocenters. The van der Waals surface area contributed by atoms with Gasteiger partial charge < -0.3 is 10.1 Å². The number of benzene rings is 2. The Morgan fingerprint density at radius 2 is 2.10 bits per heavy atom. The van der Waals surface area contributed by atoms with Crippen molar-refractivity contribution in [2.45, 2.75) is 25.3 Å². The summed E-state index contributed by atoms with van der Waals surface area (Å²) in [6, 6.07) is 15.4. The Kier molecular flexibility index (Phi) is 4.15. The highest BCUT2D eigenvalue weighted by Gasteiger charge is 2.20. The van der Waals surface area contributed by atoms with Crippen LogP contribution in [-0.2, 0) is 6.42 Å². The van der Waals surface area contributed by atoms with Crippen LogP contribution < -0.4 is 10.1 Å². The topological polar surface area (TPSA) is 21.3 Å². The minimum Gasteiger partial charge on any atom is -0.497 e. The number of methoxy groups -OCH3 is 1. The van der Waals surface area contributed by atoms with Crippen molar-refractivity contribution < 1.29 is 4.74 Å². The Morgan fingerprint density at radius 1 is 1.20 bits per heavy atom. The SMILES string of the molecule is COc1ccc2c(c1)CCCC2Nc1cccc(I)c1. The Labute approximate surface area is 133 Å². The van der Waals surface area contributed by atoms with Gasteiger partial charge in [0.05, 0.1) is 13.2 Å². The quantitative estimate of drug-likeness (QED) is 0.775. The highest BCUT2D eigenvalue weighted by molar-refractivity contribution is 14.1. The van der Waals surface area contributed by atoms with E-state index in [2.05, 4.69) is 70.4 Å². The van der Waals surface area contributed by atoms with Crippen LogP contribution in [0.5, 0.6) is 5.75 Å². The zero-order valence-electron chi connectivity index (χ0n) is 11.5. The fourth-order valence-corrected chi connectivity index (χ4v) is 3.39. The van der Waals surface area contributed by atoms with Crippen LogP contribution in [0.15, 0.2) is 42.5 Å². The molecule has 0 radical (unpaired) electrons. The largest absolute Gasteiger partial charge is 0.497 e. The molecule has 3 rings (SSSR count). The van der Waals surface area contributed by atoms with Crippen LogP contribution in [0, 0.1) is 3.57 Å². The molecule has 0 aliphatic heterocycles. The highest BCUT2D eigenvalue weighted by Crippen LogP contribution is 2.34. The van der Waals surface area contributed by atoms with E-state index in [-0.39, 0.29) is 0 Å². The van der Waals surface area contributed by atoms with E-state index in [0.29, 0.717) is 6.04 Å². The van der Waals surface area contributed by atoms with Gasteiger partial charge in [-0.05, 0) is 83.3 Å². The molecule has 0 amide bonds. The van der Waals surface area contributed by atoms with Gasteiger partial charge in [0, 0.05) is 9.26 Å². The molecule has 0 heterocycles. The van der Waals surface area contributed by atoms with Gasteiger partial charge in [-0.15, -0.1) is 0 Å². The number of hydrogen-bond acceptors (Lipinski definition) is 2. The summed E-state index contributed by atoms with van der Waals surface area (Å²) in [6.45, 7) is 0. The van der Waals surface area contributed by atoms with E-state index in [9.17, 15) is 0 Å². The second-order valence-electron chi connectivity index (χ2n) is 5.16. The average Bonchev–Trinajstić information content (AvgIpc) is 2.47. The van der Waals surface area contributed by atoms with E-state index >= 15 is 0 Å². The predicted molar refractivity (Wildman–Crippen MR) is 91.5 cm³/mol. The van der Waals surface area contributed by atoms with Crippen LogP contribution in [0.25, 0.3) is 0 Å². The maximum atomic E-state index is 5.33. The van der Waals surface area contributed by atoms with Crippen molar-refractivity contribution >= 4 is 28.3 Å². The third-order valence-corrected chi connectivity index (χ3v) is 4.50. The third-order valence-electron chi connectivity index (χ3n) is 3.83. The summed E-state index contributed by atoms with van der Waals surface area (Å²) in [4.78, 5) is 0. The summed E-state index contributed by atoms with van der Waals surface area (Å²) in [5.41, 5.74) is 4.03. The second-order valence-corrected chi connectivity index (χ2v) is 6.41. The number of rotatable bonds is 3. The summed E-state index contributed by atoms with van der Waals surface area (Å²) >= 11 is 2.35. The molecule has 0 fully saturated rings. The summed E-state index contributed by atoms with van der Waals surface area (Å²) in [7, 11) is 1.73. The lowest BCUT2D eigenvalue weighted by Crippen LogP contribution is -2.17. The lowest BCUT2D eigenvalue weighted by molar-refractivity contribution is 0.413. The number of aryl methyl sites for hydroxylation is 1. The monoisotopic (exact) mass is 379 g/mol. The molecule has 0 saturated carbocycles. The smallest absolute Gasteiger partial charge is 0.119 e. The van der Waals surface area contributed by atoms with Gasteiger partial charge in [-0.3, -0.25) is 0 Å². The number of fused-ring (bicyclic) bond motifs is 1. The Bertz CT molecular complexity index is 612. The molecular weight excluding hydrogens is 361 g/mol. The summed E-state index contributed by atoms with van der Waals surface area (Å²) in [5.74, 6) is 0.957. The number of anilines is 1. The molecule has 2 aromatic rings. The number of ether oxygens (including phenoxy) is 1. The molecular formula is C17H18INO. The molecule has 1 aliphatic rings. The molecule has 1 unspecified atom stereocenters. The van der Waals surface area contributed by atoms with E-state index in [1.54, 1.807) is 7.11 Å². The molecule has 104 valence electrons. The van der Waals surface area contributed by atoms with Gasteiger partial charge in [-0.25, -0.2) is 0 Å². The molecule has 2 aromatic carbocycles. The molecule has 2 nitrogen and oxygen atoms in total. The van der Waals surface area contributed by atoms with E-state index in [1.807, 2.05) is 0 Å². The normalized spacial score (nSPS) is 17.4. The minimum atomic E-state index is 0.405. The Hall–Kier alpha value is -1.23. The molecule has 0 bridgehead atoms. The first kappa shape index (κ1) is 13.7. The van der Waals surface area contributed by atoms with Gasteiger partial charge in [0.25, 0.3) is 0 Å². The van der Waals surface area contributed by atoms with Crippen molar-refractivity contribution in [3.8, 4) is 5.75 Å². The second kappa shape index (κ2) is 6.04. The van der Waals surface area contributed by atoms with Gasteiger partial charge in [-0.2, -0.15) is 0 Å². The number of halogens is 1. The highest BCUT2D eigenvalue weighted by atomic mass is 127. The Balaban J connectivity index is 1.86. The lowest BCUT2D eigenvalue weighted by Gasteiger charge is -2.27. The fraction of sp³-hybridized carbons (Fsp3) is 0.294. The molecule has 0 spiro atoms. The van der Waals surface area contributed by atoms with E-state index in [0.717, 1.165) is 12.2 Å². The van der Waals surface area contributed by atoms with Crippen molar-refractivity contribution in [1.82, 2.24) is 0 Å². The molecule has 0 aromatic heterocycles. The Morgan fingerprint density at radius 3 is 2.90 bits per heavy atom. The van der Waals surface area contributed by atoms with Gasteiger partial charge in [0.15, 0.2) is 0 Å². The van der Waals surface area contributed by atoms with Crippen LogP contribution in [-0.4, -0.2) is 7.11 Å². The van der Waals surface area contributed by atoms with Crippen LogP contribution in [0.4, 0.5) is 5.69 Å².